The molecule has 41 heavy (non-hydrogen) atoms. The van der Waals surface area contributed by atoms with E-state index in [0.29, 0.717) is 5.33 Å². The van der Waals surface area contributed by atoms with E-state index in [1.54, 1.807) is 0 Å². The lowest BCUT2D eigenvalue weighted by Crippen LogP contribution is -1.99. The van der Waals surface area contributed by atoms with Gasteiger partial charge in [0.2, 0.25) is 0 Å². The van der Waals surface area contributed by atoms with Gasteiger partial charge in [0.15, 0.2) is 0 Å². The Morgan fingerprint density at radius 2 is 1.12 bits per heavy atom. The summed E-state index contributed by atoms with van der Waals surface area (Å²) in [5.74, 6) is -2.33. The van der Waals surface area contributed by atoms with Gasteiger partial charge < -0.3 is 20.3 Å². The van der Waals surface area contributed by atoms with Gasteiger partial charge in [-0.2, -0.15) is 0 Å². The van der Waals surface area contributed by atoms with Crippen molar-refractivity contribution in [3.05, 3.63) is 92.3 Å². The first-order valence-electron chi connectivity index (χ1n) is 11.0. The molecule has 0 aliphatic carbocycles. The van der Waals surface area contributed by atoms with Crippen LogP contribution in [0.2, 0.25) is 0 Å². The maximum atomic E-state index is 12.7. The molecule has 0 spiro atoms. The van der Waals surface area contributed by atoms with Crippen molar-refractivity contribution in [2.45, 2.75) is 0 Å². The molecule has 3 N–H and O–H groups in total. The van der Waals surface area contributed by atoms with Crippen molar-refractivity contribution in [3.8, 4) is 17.2 Å². The molecular weight excluding hydrogens is 636 g/mol. The van der Waals surface area contributed by atoms with Crippen LogP contribution in [-0.2, 0) is 0 Å². The number of alkyl halides is 4. The molecule has 3 rings (SSSR count). The van der Waals surface area contributed by atoms with E-state index >= 15 is 0 Å². The second-order valence-electron chi connectivity index (χ2n) is 7.00. The minimum Gasteiger partial charge on any atom is -0.508 e. The number of benzene rings is 3. The van der Waals surface area contributed by atoms with Crippen LogP contribution in [0.5, 0.6) is 17.2 Å². The first kappa shape index (κ1) is 36.7. The number of nitrogen functional groups attached to an aromatic ring is 1. The topological polar surface area (TPSA) is 151 Å². The van der Waals surface area contributed by atoms with Crippen molar-refractivity contribution in [2.24, 2.45) is 0 Å². The number of nitrogens with two attached hydrogens (primary N) is 1. The van der Waals surface area contributed by atoms with E-state index in [4.69, 9.17) is 20.3 Å². The molecular formula is C24H24BrF6N3O7. The zero-order valence-electron chi connectivity index (χ0n) is 21.0. The summed E-state index contributed by atoms with van der Waals surface area (Å²) in [4.78, 5) is 18.8. The molecule has 0 aliphatic heterocycles. The van der Waals surface area contributed by atoms with Crippen molar-refractivity contribution in [1.82, 2.24) is 0 Å². The molecule has 0 unspecified atom stereocenters. The van der Waals surface area contributed by atoms with Gasteiger partial charge in [-0.1, -0.05) is 15.9 Å². The molecule has 0 aliphatic rings. The molecule has 0 amide bonds. The highest BCUT2D eigenvalue weighted by Gasteiger charge is 2.10. The Balaban J connectivity index is 0.000000552. The van der Waals surface area contributed by atoms with Crippen LogP contribution >= 0.6 is 15.9 Å². The highest BCUT2D eigenvalue weighted by atomic mass is 79.9. The van der Waals surface area contributed by atoms with Crippen molar-refractivity contribution < 1.29 is 50.8 Å². The van der Waals surface area contributed by atoms with Crippen LogP contribution in [0, 0.1) is 37.7 Å². The summed E-state index contributed by atoms with van der Waals surface area (Å²) in [5.41, 5.74) is 4.71. The summed E-state index contributed by atoms with van der Waals surface area (Å²) in [6, 6.07) is 8.95. The third-order valence-electron chi connectivity index (χ3n) is 3.80. The van der Waals surface area contributed by atoms with Gasteiger partial charge >= 0.3 is 0 Å². The largest absolute Gasteiger partial charge is 0.508 e. The van der Waals surface area contributed by atoms with Crippen molar-refractivity contribution in [3.63, 3.8) is 0 Å². The smallest absolute Gasteiger partial charge is 0.276 e. The van der Waals surface area contributed by atoms with Crippen LogP contribution < -0.4 is 15.2 Å². The predicted molar refractivity (Wildman–Crippen MR) is 141 cm³/mol. The van der Waals surface area contributed by atoms with Gasteiger partial charge in [-0.15, -0.1) is 0 Å². The summed E-state index contributed by atoms with van der Waals surface area (Å²) < 4.78 is 81.2. The van der Waals surface area contributed by atoms with Gasteiger partial charge in [0.1, 0.15) is 61.3 Å². The summed E-state index contributed by atoms with van der Waals surface area (Å²) in [7, 11) is 0. The third-order valence-corrected chi connectivity index (χ3v) is 4.10. The first-order chi connectivity index (χ1) is 19.4. The molecule has 0 bridgehead atoms. The maximum absolute atomic E-state index is 12.7. The molecule has 17 heteroatoms. The average Bonchev–Trinajstić information content (AvgIpc) is 2.90. The van der Waals surface area contributed by atoms with Crippen molar-refractivity contribution in [1.29, 1.82) is 0 Å². The first-order valence-corrected chi connectivity index (χ1v) is 12.1. The van der Waals surface area contributed by atoms with E-state index < -0.39 is 57.8 Å². The Labute approximate surface area is 237 Å². The summed E-state index contributed by atoms with van der Waals surface area (Å²) in [5, 5.41) is 29.5. The van der Waals surface area contributed by atoms with Gasteiger partial charge in [-0.3, -0.25) is 24.6 Å². The number of halogens is 7. The fraction of sp³-hybridized carbons (Fsp3) is 0.250. The highest BCUT2D eigenvalue weighted by Crippen LogP contribution is 2.22. The number of non-ortho nitro benzene ring substituents is 2. The lowest BCUT2D eigenvalue weighted by atomic mass is 10.3. The standard InChI is InChI=1S/C8H7F2NO3.C8H9F2NO.C6H4FNO3.C2H4BrF/c9-1-2-14-8-4-6(10)3-7(5-8)11(12)13;9-1-2-12-8-4-6(10)3-7(11)5-8;7-4-1-5(8(10)11)3-6(9)2-4;3-1-2-4/h3-5H,1-2H2;3-5H,1-2,11H2;1-3,9H;1-2H2. The second kappa shape index (κ2) is 20.6. The SMILES string of the molecule is FCCBr.Nc1cc(F)cc(OCCF)c1.O=[N+]([O-])c1cc(F)cc(OCCF)c1.O=[N+]([O-])c1cc(O)cc(F)c1. The average molecular weight is 660 g/mol. The zero-order valence-corrected chi connectivity index (χ0v) is 22.5. The molecule has 3 aromatic carbocycles. The van der Waals surface area contributed by atoms with E-state index in [-0.39, 0.29) is 37.1 Å². The highest BCUT2D eigenvalue weighted by molar-refractivity contribution is 9.09. The molecule has 0 saturated heterocycles. The number of aromatic hydroxyl groups is 1. The lowest BCUT2D eigenvalue weighted by molar-refractivity contribution is -0.385. The van der Waals surface area contributed by atoms with Gasteiger partial charge in [-0.25, -0.2) is 22.0 Å². The van der Waals surface area contributed by atoms with E-state index in [1.165, 1.54) is 12.1 Å². The molecule has 0 atom stereocenters. The van der Waals surface area contributed by atoms with Crippen LogP contribution in [0.1, 0.15) is 0 Å². The number of hydrogen-bond acceptors (Lipinski definition) is 8. The van der Waals surface area contributed by atoms with E-state index in [2.05, 4.69) is 15.9 Å². The molecule has 226 valence electrons. The Kier molecular flexibility index (Phi) is 18.4. The van der Waals surface area contributed by atoms with Crippen molar-refractivity contribution >= 4 is 33.0 Å². The third kappa shape index (κ3) is 17.1. The summed E-state index contributed by atoms with van der Waals surface area (Å²) >= 11 is 2.87. The fourth-order valence-corrected chi connectivity index (χ4v) is 2.38. The summed E-state index contributed by atoms with van der Waals surface area (Å²) in [6.07, 6.45) is 0. The maximum Gasteiger partial charge on any atom is 0.276 e. The minimum absolute atomic E-state index is 0.0469. The summed E-state index contributed by atoms with van der Waals surface area (Å²) in [6.45, 7) is -1.93. The molecule has 0 heterocycles. The number of phenols is 1. The number of hydrogen-bond donors (Lipinski definition) is 2. The van der Waals surface area contributed by atoms with Crippen LogP contribution in [0.3, 0.4) is 0 Å². The van der Waals surface area contributed by atoms with Gasteiger partial charge in [0, 0.05) is 35.3 Å². The van der Waals surface area contributed by atoms with Crippen LogP contribution in [0.25, 0.3) is 0 Å². The molecule has 0 radical (unpaired) electrons. The normalized spacial score (nSPS) is 9.54. The minimum atomic E-state index is -0.822. The number of phenolic OH excluding ortho intramolecular Hbond substituents is 1. The van der Waals surface area contributed by atoms with Crippen LogP contribution in [0.15, 0.2) is 54.6 Å². The number of nitrogens with zero attached hydrogens (tertiary/aromatic N) is 2. The Bertz CT molecular complexity index is 1200. The van der Waals surface area contributed by atoms with E-state index in [0.717, 1.165) is 42.5 Å². The van der Waals surface area contributed by atoms with Crippen molar-refractivity contribution in [2.75, 3.05) is 44.3 Å². The number of rotatable bonds is 9. The number of nitro benzene ring substituents is 2. The van der Waals surface area contributed by atoms with E-state index in [9.17, 15) is 46.6 Å². The number of ether oxygens (including phenoxy) is 2. The monoisotopic (exact) mass is 659 g/mol. The number of anilines is 1. The molecule has 0 fully saturated rings. The Morgan fingerprint density at radius 1 is 0.707 bits per heavy atom. The quantitative estimate of drug-likeness (QED) is 0.0854. The van der Waals surface area contributed by atoms with Gasteiger partial charge in [-0.05, 0) is 6.07 Å². The van der Waals surface area contributed by atoms with Crippen LogP contribution in [-0.4, -0.2) is 53.5 Å². The molecule has 0 saturated carbocycles. The second-order valence-corrected chi connectivity index (χ2v) is 7.79. The predicted octanol–water partition coefficient (Wildman–Crippen LogP) is 6.63. The van der Waals surface area contributed by atoms with Gasteiger partial charge in [0.25, 0.3) is 11.4 Å². The Morgan fingerprint density at radius 3 is 1.51 bits per heavy atom. The van der Waals surface area contributed by atoms with Gasteiger partial charge in [0.05, 0.1) is 40.8 Å². The lowest BCUT2D eigenvalue weighted by Gasteiger charge is -2.03. The fourth-order valence-electron chi connectivity index (χ4n) is 2.38. The van der Waals surface area contributed by atoms with E-state index in [1.807, 2.05) is 0 Å². The molecule has 3 aromatic rings. The number of nitro groups is 2. The Hall–Kier alpha value is -4.28. The zero-order chi connectivity index (χ0) is 31.4. The van der Waals surface area contributed by atoms with Crippen LogP contribution in [0.4, 0.5) is 43.4 Å². The molecule has 10 nitrogen and oxygen atoms in total. The molecule has 0 aromatic heterocycles.